The molecule has 1 fully saturated rings. The molecule has 1 saturated carbocycles. The average Bonchev–Trinajstić information content (AvgIpc) is 3.41. The summed E-state index contributed by atoms with van der Waals surface area (Å²) in [6, 6.07) is 14.5. The summed E-state index contributed by atoms with van der Waals surface area (Å²) in [4.78, 5) is 13.2. The molecule has 0 radical (unpaired) electrons. The van der Waals surface area contributed by atoms with Gasteiger partial charge in [-0.15, -0.1) is 0 Å². The molecule has 0 aliphatic heterocycles. The second-order valence-electron chi connectivity index (χ2n) is 8.48. The fourth-order valence-corrected chi connectivity index (χ4v) is 6.15. The molecule has 1 aromatic heterocycles. The molecule has 1 N–H and O–H groups in total. The topological polar surface area (TPSA) is 68.2 Å². The van der Waals surface area contributed by atoms with E-state index in [1.807, 2.05) is 44.2 Å². The summed E-state index contributed by atoms with van der Waals surface area (Å²) >= 11 is 0. The van der Waals surface area contributed by atoms with Gasteiger partial charge in [0, 0.05) is 18.1 Å². The van der Waals surface area contributed by atoms with E-state index in [0.717, 1.165) is 36.6 Å². The van der Waals surface area contributed by atoms with Crippen LogP contribution in [0.25, 0.3) is 10.9 Å². The molecule has 1 amide bonds. The summed E-state index contributed by atoms with van der Waals surface area (Å²) in [6.45, 7) is 4.52. The molecular weight excluding hydrogens is 396 g/mol. The van der Waals surface area contributed by atoms with Crippen molar-refractivity contribution in [2.24, 2.45) is 5.92 Å². The van der Waals surface area contributed by atoms with Crippen molar-refractivity contribution in [2.75, 3.05) is 6.54 Å². The Bertz CT molecular complexity index is 1170. The zero-order valence-corrected chi connectivity index (χ0v) is 18.3. The number of hydrogen-bond donors (Lipinski definition) is 1. The zero-order valence-electron chi connectivity index (χ0n) is 17.5. The maximum atomic E-state index is 13.9. The molecule has 1 aliphatic rings. The van der Waals surface area contributed by atoms with Crippen LogP contribution in [-0.2, 0) is 10.0 Å². The van der Waals surface area contributed by atoms with Crippen molar-refractivity contribution < 1.29 is 13.2 Å². The quantitative estimate of drug-likeness (QED) is 0.611. The number of rotatable bonds is 6. The Kier molecular flexibility index (Phi) is 5.69. The first-order valence-corrected chi connectivity index (χ1v) is 12.1. The maximum Gasteiger partial charge on any atom is 0.269 e. The second kappa shape index (κ2) is 8.26. The number of carbonyl (C=O) groups excluding carboxylic acids is 1. The van der Waals surface area contributed by atoms with E-state index in [4.69, 9.17) is 0 Å². The van der Waals surface area contributed by atoms with Gasteiger partial charge < -0.3 is 5.32 Å². The Labute approximate surface area is 178 Å². The van der Waals surface area contributed by atoms with E-state index < -0.39 is 10.0 Å². The fraction of sp³-hybridized carbons (Fsp3) is 0.375. The number of amides is 1. The van der Waals surface area contributed by atoms with E-state index in [1.54, 1.807) is 24.4 Å². The number of fused-ring (bicyclic) bond motifs is 1. The van der Waals surface area contributed by atoms with E-state index >= 15 is 0 Å². The highest BCUT2D eigenvalue weighted by atomic mass is 32.2. The molecule has 0 bridgehead atoms. The molecule has 0 spiro atoms. The van der Waals surface area contributed by atoms with Crippen LogP contribution in [0.3, 0.4) is 0 Å². The second-order valence-corrected chi connectivity index (χ2v) is 10.2. The molecule has 3 aromatic rings. The highest BCUT2D eigenvalue weighted by Gasteiger charge is 2.32. The summed E-state index contributed by atoms with van der Waals surface area (Å²) < 4.78 is 29.2. The Balaban J connectivity index is 1.90. The number of nitrogens with one attached hydrogen (secondary N) is 1. The third-order valence-electron chi connectivity index (χ3n) is 5.84. The Morgan fingerprint density at radius 3 is 2.53 bits per heavy atom. The van der Waals surface area contributed by atoms with Gasteiger partial charge in [0.1, 0.15) is 4.90 Å². The molecule has 0 saturated heterocycles. The highest BCUT2D eigenvalue weighted by Crippen LogP contribution is 2.39. The van der Waals surface area contributed by atoms with Gasteiger partial charge in [-0.25, -0.2) is 12.4 Å². The van der Waals surface area contributed by atoms with Crippen molar-refractivity contribution in [3.63, 3.8) is 0 Å². The lowest BCUT2D eigenvalue weighted by Gasteiger charge is -2.20. The first-order valence-electron chi connectivity index (χ1n) is 10.6. The van der Waals surface area contributed by atoms with Crippen LogP contribution in [0.2, 0.25) is 0 Å². The van der Waals surface area contributed by atoms with Gasteiger partial charge in [-0.3, -0.25) is 4.79 Å². The van der Waals surface area contributed by atoms with Gasteiger partial charge in [-0.2, -0.15) is 0 Å². The number of hydrogen-bond acceptors (Lipinski definition) is 3. The lowest BCUT2D eigenvalue weighted by molar-refractivity contribution is 0.0945. The Morgan fingerprint density at radius 2 is 1.80 bits per heavy atom. The molecule has 1 aliphatic carbocycles. The normalized spacial score (nSPS) is 15.2. The molecule has 30 heavy (non-hydrogen) atoms. The fourth-order valence-electron chi connectivity index (χ4n) is 4.34. The van der Waals surface area contributed by atoms with Gasteiger partial charge in [0.05, 0.1) is 11.1 Å². The Morgan fingerprint density at radius 1 is 1.07 bits per heavy atom. The van der Waals surface area contributed by atoms with E-state index in [2.05, 4.69) is 5.32 Å². The van der Waals surface area contributed by atoms with Crippen LogP contribution >= 0.6 is 0 Å². The van der Waals surface area contributed by atoms with Gasteiger partial charge in [-0.1, -0.05) is 57.0 Å². The summed E-state index contributed by atoms with van der Waals surface area (Å²) in [7, 11) is -3.95. The molecule has 2 aromatic carbocycles. The zero-order chi connectivity index (χ0) is 21.3. The van der Waals surface area contributed by atoms with Gasteiger partial charge in [0.2, 0.25) is 0 Å². The summed E-state index contributed by atoms with van der Waals surface area (Å²) in [6.07, 6.45) is 5.65. The van der Waals surface area contributed by atoms with Gasteiger partial charge in [0.25, 0.3) is 15.9 Å². The standard InChI is InChI=1S/C24H28N2O3S/c1-17(2)16-25-24(27)21-12-7-11-20(18-8-3-4-9-18)23(21)30(28,29)26-15-14-19-10-5-6-13-22(19)26/h5-7,10-15,17-18H,3-4,8-9,16H2,1-2H3,(H,25,27). The third kappa shape index (κ3) is 3.76. The van der Waals surface area contributed by atoms with Crippen LogP contribution in [0, 0.1) is 5.92 Å². The Hall–Kier alpha value is -2.60. The van der Waals surface area contributed by atoms with Crippen LogP contribution < -0.4 is 5.32 Å². The number of benzene rings is 2. The van der Waals surface area contributed by atoms with Crippen LogP contribution in [0.4, 0.5) is 0 Å². The van der Waals surface area contributed by atoms with E-state index in [9.17, 15) is 13.2 Å². The van der Waals surface area contributed by atoms with E-state index in [0.29, 0.717) is 12.1 Å². The number of aromatic nitrogens is 1. The van der Waals surface area contributed by atoms with Crippen molar-refractivity contribution in [3.8, 4) is 0 Å². The predicted molar refractivity (Wildman–Crippen MR) is 119 cm³/mol. The summed E-state index contributed by atoms with van der Waals surface area (Å²) in [5.74, 6) is 0.105. The first-order chi connectivity index (χ1) is 14.4. The number of para-hydroxylation sites is 1. The largest absolute Gasteiger partial charge is 0.352 e. The van der Waals surface area contributed by atoms with Gasteiger partial charge in [0.15, 0.2) is 0 Å². The lowest BCUT2D eigenvalue weighted by Crippen LogP contribution is -2.30. The lowest BCUT2D eigenvalue weighted by atomic mass is 9.95. The number of nitrogens with zero attached hydrogens (tertiary/aromatic N) is 1. The van der Waals surface area contributed by atoms with Gasteiger partial charge in [-0.05, 0) is 48.4 Å². The molecule has 4 rings (SSSR count). The summed E-state index contributed by atoms with van der Waals surface area (Å²) in [5, 5.41) is 3.75. The molecule has 0 unspecified atom stereocenters. The van der Waals surface area contributed by atoms with E-state index in [-0.39, 0.29) is 28.2 Å². The molecular formula is C24H28N2O3S. The molecule has 158 valence electrons. The molecule has 6 heteroatoms. The molecule has 1 heterocycles. The average molecular weight is 425 g/mol. The molecule has 0 atom stereocenters. The minimum Gasteiger partial charge on any atom is -0.352 e. The third-order valence-corrected chi connectivity index (χ3v) is 7.64. The van der Waals surface area contributed by atoms with Crippen molar-refractivity contribution in [1.82, 2.24) is 9.29 Å². The maximum absolute atomic E-state index is 13.9. The highest BCUT2D eigenvalue weighted by molar-refractivity contribution is 7.90. The monoisotopic (exact) mass is 424 g/mol. The van der Waals surface area contributed by atoms with Crippen molar-refractivity contribution in [3.05, 3.63) is 65.9 Å². The minimum atomic E-state index is -3.95. The van der Waals surface area contributed by atoms with Crippen molar-refractivity contribution >= 4 is 26.8 Å². The van der Waals surface area contributed by atoms with Crippen molar-refractivity contribution in [1.29, 1.82) is 0 Å². The predicted octanol–water partition coefficient (Wildman–Crippen LogP) is 4.92. The smallest absolute Gasteiger partial charge is 0.269 e. The SMILES string of the molecule is CC(C)CNC(=O)c1cccc(C2CCCC2)c1S(=O)(=O)n1ccc2ccccc21. The van der Waals surface area contributed by atoms with Crippen molar-refractivity contribution in [2.45, 2.75) is 50.3 Å². The van der Waals surface area contributed by atoms with Crippen LogP contribution in [0.15, 0.2) is 59.6 Å². The van der Waals surface area contributed by atoms with Gasteiger partial charge >= 0.3 is 0 Å². The minimum absolute atomic E-state index is 0.152. The number of carbonyl (C=O) groups is 1. The summed E-state index contributed by atoms with van der Waals surface area (Å²) in [5.41, 5.74) is 1.62. The first kappa shape index (κ1) is 20.7. The van der Waals surface area contributed by atoms with Crippen LogP contribution in [0.1, 0.15) is 61.4 Å². The van der Waals surface area contributed by atoms with Crippen LogP contribution in [0.5, 0.6) is 0 Å². The molecule has 5 nitrogen and oxygen atoms in total. The van der Waals surface area contributed by atoms with E-state index in [1.165, 1.54) is 3.97 Å². The van der Waals surface area contributed by atoms with Crippen LogP contribution in [-0.4, -0.2) is 24.8 Å².